The molecule has 0 amide bonds. The largest absolute Gasteiger partial charge is 0.361 e. The molecule has 17 heavy (non-hydrogen) atoms. The minimum Gasteiger partial charge on any atom is -0.361 e. The van der Waals surface area contributed by atoms with Crippen molar-refractivity contribution in [3.05, 3.63) is 52.4 Å². The second-order valence-corrected chi connectivity index (χ2v) is 4.35. The van der Waals surface area contributed by atoms with Crippen LogP contribution < -0.4 is 5.32 Å². The molecular formula is C12H11Cl2N3. The first kappa shape index (κ1) is 12.1. The van der Waals surface area contributed by atoms with Crippen LogP contribution in [0.1, 0.15) is 18.5 Å². The number of anilines is 1. The van der Waals surface area contributed by atoms with E-state index in [0.717, 1.165) is 5.56 Å². The second kappa shape index (κ2) is 5.34. The third-order valence-corrected chi connectivity index (χ3v) is 3.00. The Morgan fingerprint density at radius 2 is 1.82 bits per heavy atom. The van der Waals surface area contributed by atoms with Crippen LogP contribution in [0, 0.1) is 0 Å². The summed E-state index contributed by atoms with van der Waals surface area (Å²) in [7, 11) is 0. The highest BCUT2D eigenvalue weighted by Gasteiger charge is 2.11. The fourth-order valence-corrected chi connectivity index (χ4v) is 1.99. The van der Waals surface area contributed by atoms with E-state index in [4.69, 9.17) is 23.2 Å². The maximum Gasteiger partial charge on any atom is 0.171 e. The highest BCUT2D eigenvalue weighted by Crippen LogP contribution is 2.26. The Hall–Kier alpha value is -1.32. The number of rotatable bonds is 3. The SMILES string of the molecule is CC(Nc1nccnc1Cl)c1ccccc1Cl. The summed E-state index contributed by atoms with van der Waals surface area (Å²) in [5.74, 6) is 0.557. The zero-order valence-corrected chi connectivity index (χ0v) is 10.7. The first-order valence-electron chi connectivity index (χ1n) is 5.16. The summed E-state index contributed by atoms with van der Waals surface area (Å²) in [6, 6.07) is 7.67. The molecule has 0 aliphatic carbocycles. The van der Waals surface area contributed by atoms with Crippen LogP contribution in [0.3, 0.4) is 0 Å². The molecule has 0 spiro atoms. The normalized spacial score (nSPS) is 12.2. The van der Waals surface area contributed by atoms with Crippen molar-refractivity contribution in [3.63, 3.8) is 0 Å². The average molecular weight is 268 g/mol. The second-order valence-electron chi connectivity index (χ2n) is 3.58. The van der Waals surface area contributed by atoms with Gasteiger partial charge in [0, 0.05) is 17.4 Å². The van der Waals surface area contributed by atoms with Gasteiger partial charge in [-0.25, -0.2) is 9.97 Å². The molecule has 1 N–H and O–H groups in total. The van der Waals surface area contributed by atoms with Gasteiger partial charge in [-0.1, -0.05) is 41.4 Å². The fourth-order valence-electron chi connectivity index (χ4n) is 1.53. The fraction of sp³-hybridized carbons (Fsp3) is 0.167. The van der Waals surface area contributed by atoms with Crippen molar-refractivity contribution < 1.29 is 0 Å². The summed E-state index contributed by atoms with van der Waals surface area (Å²) in [5.41, 5.74) is 0.996. The summed E-state index contributed by atoms with van der Waals surface area (Å²) >= 11 is 12.0. The highest BCUT2D eigenvalue weighted by molar-refractivity contribution is 6.32. The topological polar surface area (TPSA) is 37.8 Å². The third-order valence-electron chi connectivity index (χ3n) is 2.38. The van der Waals surface area contributed by atoms with E-state index in [-0.39, 0.29) is 6.04 Å². The van der Waals surface area contributed by atoms with Crippen LogP contribution >= 0.6 is 23.2 Å². The molecule has 88 valence electrons. The molecule has 2 rings (SSSR count). The number of hydrogen-bond donors (Lipinski definition) is 1. The van der Waals surface area contributed by atoms with Crippen LogP contribution in [0.25, 0.3) is 0 Å². The molecule has 0 aliphatic rings. The quantitative estimate of drug-likeness (QED) is 0.915. The lowest BCUT2D eigenvalue weighted by molar-refractivity contribution is 0.872. The zero-order chi connectivity index (χ0) is 12.3. The van der Waals surface area contributed by atoms with Gasteiger partial charge in [0.25, 0.3) is 0 Å². The molecule has 0 radical (unpaired) electrons. The minimum atomic E-state index is 0.0119. The van der Waals surface area contributed by atoms with Gasteiger partial charge >= 0.3 is 0 Å². The number of benzene rings is 1. The summed E-state index contributed by atoms with van der Waals surface area (Å²) < 4.78 is 0. The molecule has 1 atom stereocenters. The Balaban J connectivity index is 2.20. The molecule has 1 aromatic heterocycles. The molecule has 5 heteroatoms. The van der Waals surface area contributed by atoms with E-state index in [2.05, 4.69) is 15.3 Å². The van der Waals surface area contributed by atoms with Crippen molar-refractivity contribution >= 4 is 29.0 Å². The summed E-state index contributed by atoms with van der Waals surface area (Å²) in [5, 5.41) is 4.25. The first-order valence-corrected chi connectivity index (χ1v) is 5.91. The van der Waals surface area contributed by atoms with E-state index in [1.807, 2.05) is 31.2 Å². The lowest BCUT2D eigenvalue weighted by Crippen LogP contribution is -2.09. The van der Waals surface area contributed by atoms with E-state index in [1.165, 1.54) is 0 Å². The Labute approximate surface area is 110 Å². The Kier molecular flexibility index (Phi) is 3.82. The summed E-state index contributed by atoms with van der Waals surface area (Å²) in [4.78, 5) is 8.08. The Morgan fingerprint density at radius 3 is 2.53 bits per heavy atom. The lowest BCUT2D eigenvalue weighted by atomic mass is 10.1. The Morgan fingerprint density at radius 1 is 1.12 bits per heavy atom. The van der Waals surface area contributed by atoms with Crippen molar-refractivity contribution in [2.75, 3.05) is 5.32 Å². The van der Waals surface area contributed by atoms with Crippen molar-refractivity contribution in [2.45, 2.75) is 13.0 Å². The van der Waals surface area contributed by atoms with Gasteiger partial charge in [-0.2, -0.15) is 0 Å². The molecule has 3 nitrogen and oxygen atoms in total. The Bertz CT molecular complexity index is 517. The number of nitrogens with zero attached hydrogens (tertiary/aromatic N) is 2. The standard InChI is InChI=1S/C12H11Cl2N3/c1-8(9-4-2-3-5-10(9)13)17-12-11(14)15-6-7-16-12/h2-8H,1H3,(H,16,17). The predicted molar refractivity (Wildman–Crippen MR) is 70.5 cm³/mol. The number of aromatic nitrogens is 2. The third kappa shape index (κ3) is 2.87. The van der Waals surface area contributed by atoms with Crippen molar-refractivity contribution in [2.24, 2.45) is 0 Å². The maximum atomic E-state index is 6.12. The summed E-state index contributed by atoms with van der Waals surface area (Å²) in [6.07, 6.45) is 3.14. The van der Waals surface area contributed by atoms with Crippen LogP contribution in [0.4, 0.5) is 5.82 Å². The van der Waals surface area contributed by atoms with E-state index in [1.54, 1.807) is 12.4 Å². The summed E-state index contributed by atoms with van der Waals surface area (Å²) in [6.45, 7) is 1.99. The van der Waals surface area contributed by atoms with Gasteiger partial charge in [-0.05, 0) is 18.6 Å². The van der Waals surface area contributed by atoms with Gasteiger partial charge in [-0.3, -0.25) is 0 Å². The number of nitrogens with one attached hydrogen (secondary N) is 1. The predicted octanol–water partition coefficient (Wildman–Crippen LogP) is 3.96. The highest BCUT2D eigenvalue weighted by atomic mass is 35.5. The van der Waals surface area contributed by atoms with Gasteiger partial charge < -0.3 is 5.32 Å². The van der Waals surface area contributed by atoms with Gasteiger partial charge in [0.1, 0.15) is 0 Å². The molecule has 0 fully saturated rings. The lowest BCUT2D eigenvalue weighted by Gasteiger charge is -2.16. The molecule has 1 heterocycles. The molecule has 0 saturated carbocycles. The average Bonchev–Trinajstić information content (AvgIpc) is 2.32. The molecule has 0 saturated heterocycles. The van der Waals surface area contributed by atoms with E-state index < -0.39 is 0 Å². The number of halogens is 2. The van der Waals surface area contributed by atoms with Gasteiger partial charge in [0.05, 0.1) is 6.04 Å². The van der Waals surface area contributed by atoms with Crippen LogP contribution in [-0.4, -0.2) is 9.97 Å². The van der Waals surface area contributed by atoms with Gasteiger partial charge in [0.15, 0.2) is 11.0 Å². The van der Waals surface area contributed by atoms with Gasteiger partial charge in [-0.15, -0.1) is 0 Å². The van der Waals surface area contributed by atoms with Crippen LogP contribution in [0.15, 0.2) is 36.7 Å². The van der Waals surface area contributed by atoms with Crippen LogP contribution in [0.2, 0.25) is 10.2 Å². The van der Waals surface area contributed by atoms with Crippen molar-refractivity contribution in [1.29, 1.82) is 0 Å². The monoisotopic (exact) mass is 267 g/mol. The van der Waals surface area contributed by atoms with Crippen molar-refractivity contribution in [1.82, 2.24) is 9.97 Å². The van der Waals surface area contributed by atoms with Crippen molar-refractivity contribution in [3.8, 4) is 0 Å². The molecule has 1 unspecified atom stereocenters. The van der Waals surface area contributed by atoms with Crippen LogP contribution in [0.5, 0.6) is 0 Å². The molecule has 0 aliphatic heterocycles. The zero-order valence-electron chi connectivity index (χ0n) is 9.19. The molecule has 0 bridgehead atoms. The van der Waals surface area contributed by atoms with Crippen LogP contribution in [-0.2, 0) is 0 Å². The number of hydrogen-bond acceptors (Lipinski definition) is 3. The maximum absolute atomic E-state index is 6.12. The van der Waals surface area contributed by atoms with Gasteiger partial charge in [0.2, 0.25) is 0 Å². The van der Waals surface area contributed by atoms with E-state index >= 15 is 0 Å². The molecular weight excluding hydrogens is 257 g/mol. The molecule has 2 aromatic rings. The minimum absolute atomic E-state index is 0.0119. The van der Waals surface area contributed by atoms with E-state index in [0.29, 0.717) is 16.0 Å². The van der Waals surface area contributed by atoms with E-state index in [9.17, 15) is 0 Å². The smallest absolute Gasteiger partial charge is 0.171 e. The molecule has 1 aromatic carbocycles. The first-order chi connectivity index (χ1) is 8.18.